The molecule has 0 aliphatic carbocycles. The maximum atomic E-state index is 13.6. The van der Waals surface area contributed by atoms with E-state index in [1.54, 1.807) is 36.7 Å². The molecule has 1 spiro atoms. The number of aromatic nitrogens is 1. The van der Waals surface area contributed by atoms with Crippen molar-refractivity contribution in [2.45, 2.75) is 43.6 Å². The normalized spacial score (nSPS) is 24.9. The fourth-order valence-electron chi connectivity index (χ4n) is 5.18. The Morgan fingerprint density at radius 3 is 2.47 bits per heavy atom. The number of fused-ring (bicyclic) bond motifs is 2. The number of imide groups is 1. The predicted octanol–water partition coefficient (Wildman–Crippen LogP) is 1.54. The average molecular weight is 476 g/mol. The van der Waals surface area contributed by atoms with Gasteiger partial charge in [0.1, 0.15) is 11.3 Å². The van der Waals surface area contributed by atoms with Crippen LogP contribution in [0.25, 0.3) is 0 Å². The first kappa shape index (κ1) is 22.8. The standard InChI is InChI=1S/C23H23F3N4O4/c24-23(25,26)34-18-5-3-15(4-6-18)10-28-13-22(14-28)21(33)29(11-16-2-1-7-27-9-16)20(32)19-8-17(31)12-30(19)22/h1-7,9,17,19,31H,8,10-14H2/t17-,19+/m1/s1. The van der Waals surface area contributed by atoms with Crippen molar-refractivity contribution in [1.29, 1.82) is 0 Å². The van der Waals surface area contributed by atoms with Crippen molar-refractivity contribution in [3.05, 3.63) is 59.9 Å². The molecule has 11 heteroatoms. The number of halogens is 3. The van der Waals surface area contributed by atoms with Crippen LogP contribution in [0, 0.1) is 0 Å². The number of likely N-dealkylation sites (tertiary alicyclic amines) is 1. The molecular weight excluding hydrogens is 453 g/mol. The number of carbonyl (C=O) groups is 2. The molecule has 2 atom stereocenters. The molecule has 0 saturated carbocycles. The second kappa shape index (κ2) is 8.33. The highest BCUT2D eigenvalue weighted by atomic mass is 19.4. The number of nitrogens with zero attached hydrogens (tertiary/aromatic N) is 4. The van der Waals surface area contributed by atoms with Crippen molar-refractivity contribution >= 4 is 11.8 Å². The van der Waals surface area contributed by atoms with Gasteiger partial charge in [0.25, 0.3) is 5.91 Å². The summed E-state index contributed by atoms with van der Waals surface area (Å²) in [5.41, 5.74) is 0.593. The Bertz CT molecular complexity index is 1070. The van der Waals surface area contributed by atoms with Crippen LogP contribution in [0.4, 0.5) is 13.2 Å². The highest BCUT2D eigenvalue weighted by Gasteiger charge is 2.64. The van der Waals surface area contributed by atoms with Gasteiger partial charge in [-0.3, -0.25) is 29.3 Å². The number of piperazine rings is 1. The Balaban J connectivity index is 1.31. The summed E-state index contributed by atoms with van der Waals surface area (Å²) in [6.45, 7) is 1.51. The lowest BCUT2D eigenvalue weighted by Crippen LogP contribution is -2.81. The average Bonchev–Trinajstić information content (AvgIpc) is 3.16. The summed E-state index contributed by atoms with van der Waals surface area (Å²) in [5, 5.41) is 10.3. The van der Waals surface area contributed by atoms with E-state index in [2.05, 4.69) is 9.72 Å². The molecule has 3 fully saturated rings. The molecule has 1 aromatic carbocycles. The molecule has 0 bridgehead atoms. The molecule has 8 nitrogen and oxygen atoms in total. The number of ether oxygens (including phenoxy) is 1. The number of pyridine rings is 1. The number of alkyl halides is 3. The zero-order valence-electron chi connectivity index (χ0n) is 18.1. The van der Waals surface area contributed by atoms with Crippen molar-refractivity contribution in [3.8, 4) is 5.75 Å². The lowest BCUT2D eigenvalue weighted by atomic mass is 9.82. The number of rotatable bonds is 5. The van der Waals surface area contributed by atoms with Crippen LogP contribution < -0.4 is 4.74 Å². The van der Waals surface area contributed by atoms with Crippen molar-refractivity contribution in [2.24, 2.45) is 0 Å². The van der Waals surface area contributed by atoms with Crippen molar-refractivity contribution in [3.63, 3.8) is 0 Å². The summed E-state index contributed by atoms with van der Waals surface area (Å²) in [4.78, 5) is 35.9. The van der Waals surface area contributed by atoms with Gasteiger partial charge in [-0.2, -0.15) is 0 Å². The number of aliphatic hydroxyl groups is 1. The Morgan fingerprint density at radius 1 is 1.09 bits per heavy atom. The third-order valence-electron chi connectivity index (χ3n) is 6.62. The molecule has 1 N–H and O–H groups in total. The van der Waals surface area contributed by atoms with E-state index in [1.165, 1.54) is 17.0 Å². The van der Waals surface area contributed by atoms with Crippen molar-refractivity contribution in [1.82, 2.24) is 19.7 Å². The smallest absolute Gasteiger partial charge is 0.406 e. The van der Waals surface area contributed by atoms with Gasteiger partial charge >= 0.3 is 6.36 Å². The monoisotopic (exact) mass is 476 g/mol. The molecule has 1 aromatic heterocycles. The summed E-state index contributed by atoms with van der Waals surface area (Å²) in [6, 6.07) is 8.59. The van der Waals surface area contributed by atoms with Crippen LogP contribution >= 0.6 is 0 Å². The lowest BCUT2D eigenvalue weighted by molar-refractivity contribution is -0.274. The van der Waals surface area contributed by atoms with Crippen molar-refractivity contribution < 1.29 is 32.6 Å². The van der Waals surface area contributed by atoms with Gasteiger partial charge in [0.05, 0.1) is 18.7 Å². The summed E-state index contributed by atoms with van der Waals surface area (Å²) >= 11 is 0. The van der Waals surface area contributed by atoms with Gasteiger partial charge in [-0.25, -0.2) is 0 Å². The third kappa shape index (κ3) is 4.15. The first-order valence-electron chi connectivity index (χ1n) is 10.9. The topological polar surface area (TPSA) is 86.2 Å². The van der Waals surface area contributed by atoms with Gasteiger partial charge in [0.15, 0.2) is 0 Å². The molecule has 0 unspecified atom stereocenters. The fourth-order valence-corrected chi connectivity index (χ4v) is 5.18. The van der Waals surface area contributed by atoms with E-state index in [1.807, 2.05) is 9.80 Å². The summed E-state index contributed by atoms with van der Waals surface area (Å²) in [5.74, 6) is -0.899. The highest BCUT2D eigenvalue weighted by molar-refractivity contribution is 6.06. The minimum atomic E-state index is -4.75. The second-order valence-corrected chi connectivity index (χ2v) is 9.02. The number of benzene rings is 1. The molecule has 2 amide bonds. The number of hydrogen-bond acceptors (Lipinski definition) is 7. The number of amides is 2. The quantitative estimate of drug-likeness (QED) is 0.656. The molecule has 5 rings (SSSR count). The summed E-state index contributed by atoms with van der Waals surface area (Å²) < 4.78 is 41.0. The van der Waals surface area contributed by atoms with Crippen LogP contribution in [0.5, 0.6) is 5.75 Å². The molecule has 2 aromatic rings. The third-order valence-corrected chi connectivity index (χ3v) is 6.62. The van der Waals surface area contributed by atoms with Gasteiger partial charge in [0.2, 0.25) is 5.91 Å². The maximum Gasteiger partial charge on any atom is 0.573 e. The van der Waals surface area contributed by atoms with Crippen LogP contribution in [0.3, 0.4) is 0 Å². The van der Waals surface area contributed by atoms with Crippen LogP contribution in [0.2, 0.25) is 0 Å². The van der Waals surface area contributed by atoms with E-state index < -0.39 is 24.0 Å². The molecular formula is C23H23F3N4O4. The van der Waals surface area contributed by atoms with Gasteiger partial charge in [-0.15, -0.1) is 13.2 Å². The number of hydrogen-bond donors (Lipinski definition) is 1. The Morgan fingerprint density at radius 2 is 1.82 bits per heavy atom. The highest BCUT2D eigenvalue weighted by Crippen LogP contribution is 2.41. The predicted molar refractivity (Wildman–Crippen MR) is 112 cm³/mol. The largest absolute Gasteiger partial charge is 0.573 e. The fraction of sp³-hybridized carbons (Fsp3) is 0.435. The van der Waals surface area contributed by atoms with Crippen molar-refractivity contribution in [2.75, 3.05) is 19.6 Å². The van der Waals surface area contributed by atoms with Crippen LogP contribution in [0.1, 0.15) is 17.5 Å². The number of β-amino-alcohol motifs (C(OH)–C–C–N with tert-alkyl or cyclic N) is 1. The van der Waals surface area contributed by atoms with Gasteiger partial charge < -0.3 is 9.84 Å². The molecule has 3 aliphatic rings. The van der Waals surface area contributed by atoms with Crippen LogP contribution in [0.15, 0.2) is 48.8 Å². The molecule has 3 saturated heterocycles. The molecule has 0 radical (unpaired) electrons. The minimum absolute atomic E-state index is 0.119. The van der Waals surface area contributed by atoms with E-state index in [4.69, 9.17) is 0 Å². The zero-order valence-corrected chi connectivity index (χ0v) is 18.1. The summed E-state index contributed by atoms with van der Waals surface area (Å²) in [7, 11) is 0. The number of aliphatic hydroxyl groups excluding tert-OH is 1. The second-order valence-electron chi connectivity index (χ2n) is 9.02. The van der Waals surface area contributed by atoms with E-state index in [0.29, 0.717) is 19.6 Å². The first-order valence-corrected chi connectivity index (χ1v) is 10.9. The maximum absolute atomic E-state index is 13.6. The van der Waals surface area contributed by atoms with Crippen LogP contribution in [-0.2, 0) is 22.7 Å². The molecule has 3 aliphatic heterocycles. The first-order chi connectivity index (χ1) is 16.1. The van der Waals surface area contributed by atoms with Gasteiger partial charge in [-0.1, -0.05) is 18.2 Å². The molecule has 4 heterocycles. The van der Waals surface area contributed by atoms with E-state index in [-0.39, 0.29) is 37.1 Å². The van der Waals surface area contributed by atoms with Gasteiger partial charge in [0, 0.05) is 38.6 Å². The van der Waals surface area contributed by atoms with Crippen LogP contribution in [-0.4, -0.2) is 80.3 Å². The Kier molecular flexibility index (Phi) is 5.58. The number of carbonyl (C=O) groups excluding carboxylic acids is 2. The van der Waals surface area contributed by atoms with E-state index >= 15 is 0 Å². The minimum Gasteiger partial charge on any atom is -0.406 e. The Hall–Kier alpha value is -3.02. The summed E-state index contributed by atoms with van der Waals surface area (Å²) in [6.07, 6.45) is -1.93. The van der Waals surface area contributed by atoms with Gasteiger partial charge in [-0.05, 0) is 35.7 Å². The molecule has 180 valence electrons. The Labute approximate surface area is 193 Å². The zero-order chi connectivity index (χ0) is 24.1. The van der Waals surface area contributed by atoms with E-state index in [9.17, 15) is 27.9 Å². The SMILES string of the molecule is O=C1[C@@H]2C[C@@H](O)CN2C2(CN(Cc3ccc(OC(F)(F)F)cc3)C2)C(=O)N1Cc1cccnc1. The lowest BCUT2D eigenvalue weighted by Gasteiger charge is -2.58. The molecule has 34 heavy (non-hydrogen) atoms. The van der Waals surface area contributed by atoms with E-state index in [0.717, 1.165) is 11.1 Å².